The largest absolute Gasteiger partial charge is 0.491 e. The number of hydrogen-bond donors (Lipinski definition) is 1. The summed E-state index contributed by atoms with van der Waals surface area (Å²) in [6.07, 6.45) is 0.843. The zero-order valence-electron chi connectivity index (χ0n) is 16.0. The maximum absolute atomic E-state index is 12.7. The summed E-state index contributed by atoms with van der Waals surface area (Å²) in [6.45, 7) is 6.94. The quantitative estimate of drug-likeness (QED) is 0.888. The molecule has 1 aromatic heterocycles. The predicted molar refractivity (Wildman–Crippen MR) is 99.2 cm³/mol. The predicted octanol–water partition coefficient (Wildman–Crippen LogP) is 1.93. The third-order valence-corrected chi connectivity index (χ3v) is 5.20. The molecule has 6 heteroatoms. The molecule has 0 bridgehead atoms. The van der Waals surface area contributed by atoms with Crippen LogP contribution in [0.25, 0.3) is 0 Å². The van der Waals surface area contributed by atoms with Gasteiger partial charge >= 0.3 is 0 Å². The van der Waals surface area contributed by atoms with Crippen molar-refractivity contribution in [1.82, 2.24) is 14.7 Å². The number of aliphatic hydroxyl groups is 1. The van der Waals surface area contributed by atoms with Crippen molar-refractivity contribution < 1.29 is 14.6 Å². The second-order valence-electron chi connectivity index (χ2n) is 7.34. The van der Waals surface area contributed by atoms with Crippen LogP contribution in [0.5, 0.6) is 5.75 Å². The first kappa shape index (κ1) is 18.5. The summed E-state index contributed by atoms with van der Waals surface area (Å²) in [5.74, 6) is 0.755. The van der Waals surface area contributed by atoms with Gasteiger partial charge in [0, 0.05) is 24.8 Å². The van der Waals surface area contributed by atoms with Crippen LogP contribution >= 0.6 is 0 Å². The normalized spacial score (nSPS) is 19.8. The van der Waals surface area contributed by atoms with Gasteiger partial charge in [-0.15, -0.1) is 0 Å². The van der Waals surface area contributed by atoms with E-state index >= 15 is 0 Å². The topological polar surface area (TPSA) is 67.6 Å². The van der Waals surface area contributed by atoms with Gasteiger partial charge in [0.05, 0.1) is 18.7 Å². The van der Waals surface area contributed by atoms with E-state index in [1.54, 1.807) is 9.58 Å². The van der Waals surface area contributed by atoms with Gasteiger partial charge in [-0.1, -0.05) is 17.7 Å². The Morgan fingerprint density at radius 3 is 2.58 bits per heavy atom. The highest BCUT2D eigenvalue weighted by atomic mass is 16.5. The molecule has 1 N–H and O–H groups in total. The highest BCUT2D eigenvalue weighted by Gasteiger charge is 2.39. The van der Waals surface area contributed by atoms with E-state index in [2.05, 4.69) is 5.10 Å². The molecule has 0 aliphatic carbocycles. The number of carbonyl (C=O) groups is 1. The highest BCUT2D eigenvalue weighted by molar-refractivity contribution is 5.79. The van der Waals surface area contributed by atoms with Crippen LogP contribution in [0.2, 0.25) is 0 Å². The van der Waals surface area contributed by atoms with Crippen LogP contribution in [0.15, 0.2) is 24.3 Å². The number of carbonyl (C=O) groups excluding carboxylic acids is 1. The van der Waals surface area contributed by atoms with Gasteiger partial charge in [0.1, 0.15) is 18.0 Å². The summed E-state index contributed by atoms with van der Waals surface area (Å²) in [5.41, 5.74) is 3.03. The molecular weight excluding hydrogens is 330 g/mol. The van der Waals surface area contributed by atoms with Crippen molar-refractivity contribution >= 4 is 5.91 Å². The first-order valence-electron chi connectivity index (χ1n) is 8.96. The lowest BCUT2D eigenvalue weighted by molar-refractivity contribution is -0.130. The molecule has 1 aromatic carbocycles. The number of aryl methyl sites for hydroxylation is 3. The Labute approximate surface area is 154 Å². The van der Waals surface area contributed by atoms with Gasteiger partial charge in [-0.05, 0) is 39.3 Å². The molecule has 1 aliphatic heterocycles. The molecule has 0 saturated carbocycles. The van der Waals surface area contributed by atoms with Crippen molar-refractivity contribution in [1.29, 1.82) is 0 Å². The van der Waals surface area contributed by atoms with Crippen LogP contribution in [-0.2, 0) is 18.3 Å². The van der Waals surface area contributed by atoms with Gasteiger partial charge in [-0.3, -0.25) is 9.48 Å². The molecule has 0 spiro atoms. The average Bonchev–Trinajstić information content (AvgIpc) is 3.10. The number of hydrogen-bond acceptors (Lipinski definition) is 4. The lowest BCUT2D eigenvalue weighted by Gasteiger charge is -2.23. The lowest BCUT2D eigenvalue weighted by atomic mass is 10.1. The number of nitrogens with zero attached hydrogens (tertiary/aromatic N) is 3. The van der Waals surface area contributed by atoms with Crippen LogP contribution in [0, 0.1) is 20.8 Å². The first-order valence-corrected chi connectivity index (χ1v) is 8.96. The molecule has 0 unspecified atom stereocenters. The van der Waals surface area contributed by atoms with E-state index in [1.807, 2.05) is 52.1 Å². The van der Waals surface area contributed by atoms with E-state index in [9.17, 15) is 9.90 Å². The summed E-state index contributed by atoms with van der Waals surface area (Å²) in [4.78, 5) is 14.4. The molecular formula is C20H27N3O3. The number of likely N-dealkylation sites (tertiary alicyclic amines) is 1. The van der Waals surface area contributed by atoms with Crippen LogP contribution < -0.4 is 4.74 Å². The molecule has 2 heterocycles. The molecule has 1 atom stereocenters. The van der Waals surface area contributed by atoms with Crippen molar-refractivity contribution in [2.24, 2.45) is 7.05 Å². The Morgan fingerprint density at radius 2 is 1.96 bits per heavy atom. The smallest absolute Gasteiger partial charge is 0.227 e. The number of ether oxygens (including phenoxy) is 1. The fourth-order valence-electron chi connectivity index (χ4n) is 3.38. The third kappa shape index (κ3) is 3.90. The number of rotatable bonds is 5. The summed E-state index contributed by atoms with van der Waals surface area (Å²) < 4.78 is 7.53. The molecule has 3 rings (SSSR count). The Hall–Kier alpha value is -2.34. The summed E-state index contributed by atoms with van der Waals surface area (Å²) >= 11 is 0. The summed E-state index contributed by atoms with van der Waals surface area (Å²) in [5, 5.41) is 15.1. The van der Waals surface area contributed by atoms with E-state index in [0.717, 1.165) is 28.3 Å². The number of aromatic nitrogens is 2. The van der Waals surface area contributed by atoms with E-state index in [1.165, 1.54) is 0 Å². The zero-order valence-corrected chi connectivity index (χ0v) is 16.0. The minimum Gasteiger partial charge on any atom is -0.491 e. The van der Waals surface area contributed by atoms with Crippen LogP contribution in [0.1, 0.15) is 28.9 Å². The van der Waals surface area contributed by atoms with Crippen LogP contribution in [0.4, 0.5) is 0 Å². The van der Waals surface area contributed by atoms with Crippen LogP contribution in [0.3, 0.4) is 0 Å². The minimum absolute atomic E-state index is 0.0236. The molecule has 6 nitrogen and oxygen atoms in total. The molecule has 26 heavy (non-hydrogen) atoms. The van der Waals surface area contributed by atoms with E-state index in [-0.39, 0.29) is 12.5 Å². The van der Waals surface area contributed by atoms with Crippen molar-refractivity contribution in [3.05, 3.63) is 46.8 Å². The highest BCUT2D eigenvalue weighted by Crippen LogP contribution is 2.24. The fourth-order valence-corrected chi connectivity index (χ4v) is 3.38. The average molecular weight is 357 g/mol. The molecule has 1 saturated heterocycles. The Kier molecular flexibility index (Phi) is 5.05. The minimum atomic E-state index is -1.00. The Morgan fingerprint density at radius 1 is 1.27 bits per heavy atom. The van der Waals surface area contributed by atoms with Crippen molar-refractivity contribution in [3.63, 3.8) is 0 Å². The maximum Gasteiger partial charge on any atom is 0.227 e. The number of amides is 1. The van der Waals surface area contributed by atoms with Gasteiger partial charge in [-0.2, -0.15) is 5.10 Å². The number of β-amino-alcohol motifs (C(OH)–C–C–N with tert-alkyl or cyclic N) is 1. The Bertz CT molecular complexity index is 797. The van der Waals surface area contributed by atoms with E-state index < -0.39 is 5.60 Å². The van der Waals surface area contributed by atoms with Crippen LogP contribution in [-0.4, -0.2) is 51.0 Å². The standard InChI is InChI=1S/C20H27N3O3/c1-14-5-7-17(8-6-14)26-13-20(25)9-10-23(12-20)19(24)11-18-15(2)21-22(4)16(18)3/h5-8,25H,9-13H2,1-4H3/t20-/m1/s1. The monoisotopic (exact) mass is 357 g/mol. The fraction of sp³-hybridized carbons (Fsp3) is 0.500. The molecule has 0 radical (unpaired) electrons. The Balaban J connectivity index is 1.58. The second-order valence-corrected chi connectivity index (χ2v) is 7.34. The molecule has 140 valence electrons. The van der Waals surface area contributed by atoms with Gasteiger partial charge in [0.2, 0.25) is 5.91 Å². The van der Waals surface area contributed by atoms with Crippen molar-refractivity contribution in [3.8, 4) is 5.75 Å². The maximum atomic E-state index is 12.7. The first-order chi connectivity index (χ1) is 12.3. The van der Waals surface area contributed by atoms with Gasteiger partial charge in [0.25, 0.3) is 0 Å². The van der Waals surface area contributed by atoms with Gasteiger partial charge in [0.15, 0.2) is 0 Å². The molecule has 1 amide bonds. The molecule has 1 aliphatic rings. The van der Waals surface area contributed by atoms with Gasteiger partial charge < -0.3 is 14.7 Å². The third-order valence-electron chi connectivity index (χ3n) is 5.20. The summed E-state index contributed by atoms with van der Waals surface area (Å²) in [7, 11) is 1.88. The molecule has 1 fully saturated rings. The van der Waals surface area contributed by atoms with Gasteiger partial charge in [-0.25, -0.2) is 0 Å². The summed E-state index contributed by atoms with van der Waals surface area (Å²) in [6, 6.07) is 7.74. The van der Waals surface area contributed by atoms with E-state index in [0.29, 0.717) is 25.9 Å². The van der Waals surface area contributed by atoms with Crippen molar-refractivity contribution in [2.75, 3.05) is 19.7 Å². The molecule has 2 aromatic rings. The number of benzene rings is 1. The lowest BCUT2D eigenvalue weighted by Crippen LogP contribution is -2.41. The zero-order chi connectivity index (χ0) is 18.9. The second kappa shape index (κ2) is 7.11. The SMILES string of the molecule is Cc1ccc(OC[C@@]2(O)CCN(C(=O)Cc3c(C)nn(C)c3C)C2)cc1. The van der Waals surface area contributed by atoms with E-state index in [4.69, 9.17) is 4.74 Å². The van der Waals surface area contributed by atoms with Crippen molar-refractivity contribution in [2.45, 2.75) is 39.2 Å².